The van der Waals surface area contributed by atoms with Gasteiger partial charge in [0.1, 0.15) is 35.4 Å². The summed E-state index contributed by atoms with van der Waals surface area (Å²) in [5, 5.41) is 27.5. The molecule has 3 amide bonds. The molecule has 0 spiro atoms. The predicted octanol–water partition coefficient (Wildman–Crippen LogP) is 2.08. The Bertz CT molecular complexity index is 1310. The molecule has 1 fully saturated rings. The van der Waals surface area contributed by atoms with E-state index in [9.17, 15) is 24.3 Å². The summed E-state index contributed by atoms with van der Waals surface area (Å²) in [6, 6.07) is -0.974. The van der Waals surface area contributed by atoms with Gasteiger partial charge < -0.3 is 20.0 Å². The second kappa shape index (κ2) is 12.8. The van der Waals surface area contributed by atoms with E-state index in [4.69, 9.17) is 9.57 Å². The summed E-state index contributed by atoms with van der Waals surface area (Å²) in [6.07, 6.45) is -0.683. The number of thiazole rings is 1. The van der Waals surface area contributed by atoms with Gasteiger partial charge in [-0.25, -0.2) is 14.6 Å². The lowest BCUT2D eigenvalue weighted by Crippen LogP contribution is -2.71. The number of hydrogen-bond acceptors (Lipinski definition) is 14. The number of amides is 3. The number of aromatic nitrogens is 3. The normalized spacial score (nSPS) is 18.9. The first-order valence-corrected chi connectivity index (χ1v) is 15.1. The van der Waals surface area contributed by atoms with Gasteiger partial charge in [0, 0.05) is 16.9 Å². The number of carbonyl (C=O) groups is 4. The molecular weight excluding hydrogens is 591 g/mol. The van der Waals surface area contributed by atoms with Crippen LogP contribution in [0.2, 0.25) is 0 Å². The number of nitrogens with one attached hydrogen (secondary N) is 2. The molecule has 39 heavy (non-hydrogen) atoms. The van der Waals surface area contributed by atoms with Gasteiger partial charge in [0.2, 0.25) is 0 Å². The van der Waals surface area contributed by atoms with Crippen LogP contribution in [0.3, 0.4) is 0 Å². The molecule has 0 aliphatic carbocycles. The highest BCUT2D eigenvalue weighted by Gasteiger charge is 2.54. The maximum Gasteiger partial charge on any atom is 0.413 e. The fraction of sp³-hybridized carbons (Fsp3) is 0.429. The molecule has 3 N–H and O–H groups in total. The van der Waals surface area contributed by atoms with Crippen molar-refractivity contribution in [3.63, 3.8) is 0 Å². The van der Waals surface area contributed by atoms with E-state index in [1.54, 1.807) is 5.51 Å². The Morgan fingerprint density at radius 3 is 2.79 bits per heavy atom. The van der Waals surface area contributed by atoms with Crippen molar-refractivity contribution in [3.8, 4) is 0 Å². The van der Waals surface area contributed by atoms with Crippen molar-refractivity contribution in [3.05, 3.63) is 27.9 Å². The lowest BCUT2D eigenvalue weighted by Gasteiger charge is -2.49. The van der Waals surface area contributed by atoms with Crippen molar-refractivity contribution < 1.29 is 33.9 Å². The molecule has 0 saturated carbocycles. The third kappa shape index (κ3) is 6.68. The molecular formula is C21H23N7O7S4. The molecule has 2 aromatic heterocycles. The van der Waals surface area contributed by atoms with Gasteiger partial charge in [-0.3, -0.25) is 19.8 Å². The SMILES string of the molecule is CON=C(C(=O)NC1C(=O)N2C(C(=O)O)=C(CSc3nncs3)CS[C@@H]12)c1csc(NC(=O)OCC(C)C)n1. The number of ether oxygens (including phenoxy) is 1. The number of fused-ring (bicyclic) bond motifs is 1. The molecule has 1 saturated heterocycles. The van der Waals surface area contributed by atoms with Crippen LogP contribution in [0.1, 0.15) is 19.5 Å². The molecule has 208 valence electrons. The Kier molecular flexibility index (Phi) is 9.41. The summed E-state index contributed by atoms with van der Waals surface area (Å²) in [7, 11) is 1.25. The first kappa shape index (κ1) is 28.8. The maximum absolute atomic E-state index is 13.1. The van der Waals surface area contributed by atoms with Gasteiger partial charge in [-0.2, -0.15) is 0 Å². The van der Waals surface area contributed by atoms with Crippen molar-refractivity contribution in [2.24, 2.45) is 11.1 Å². The first-order valence-electron chi connectivity index (χ1n) is 11.3. The van der Waals surface area contributed by atoms with Gasteiger partial charge in [-0.15, -0.1) is 33.3 Å². The highest BCUT2D eigenvalue weighted by atomic mass is 32.2. The minimum absolute atomic E-state index is 0.0865. The van der Waals surface area contributed by atoms with E-state index in [2.05, 4.69) is 31.0 Å². The summed E-state index contributed by atoms with van der Waals surface area (Å²) in [5.74, 6) is -1.65. The third-order valence-electron chi connectivity index (χ3n) is 5.15. The van der Waals surface area contributed by atoms with Crippen LogP contribution in [0.15, 0.2) is 31.7 Å². The van der Waals surface area contributed by atoms with Gasteiger partial charge in [-0.1, -0.05) is 42.1 Å². The van der Waals surface area contributed by atoms with Crippen LogP contribution in [0, 0.1) is 5.92 Å². The fourth-order valence-electron chi connectivity index (χ4n) is 3.48. The fourth-order valence-corrected chi connectivity index (χ4v) is 7.13. The number of rotatable bonds is 11. The molecule has 4 rings (SSSR count). The second-order valence-corrected chi connectivity index (χ2v) is 12.4. The van der Waals surface area contributed by atoms with Crippen molar-refractivity contribution in [2.75, 3.05) is 30.5 Å². The van der Waals surface area contributed by atoms with E-state index in [0.717, 1.165) is 11.3 Å². The quantitative estimate of drug-likeness (QED) is 0.145. The van der Waals surface area contributed by atoms with Crippen molar-refractivity contribution in [2.45, 2.75) is 29.6 Å². The van der Waals surface area contributed by atoms with Crippen molar-refractivity contribution >= 4 is 80.9 Å². The number of anilines is 1. The molecule has 1 unspecified atom stereocenters. The number of hydrogen-bond donors (Lipinski definition) is 3. The smallest absolute Gasteiger partial charge is 0.413 e. The van der Waals surface area contributed by atoms with E-state index in [1.807, 2.05) is 13.8 Å². The maximum atomic E-state index is 13.1. The number of aliphatic carboxylic acids is 1. The summed E-state index contributed by atoms with van der Waals surface area (Å²) < 4.78 is 5.75. The minimum Gasteiger partial charge on any atom is -0.477 e. The van der Waals surface area contributed by atoms with Gasteiger partial charge in [0.25, 0.3) is 11.8 Å². The zero-order valence-corrected chi connectivity index (χ0v) is 24.0. The van der Waals surface area contributed by atoms with Crippen LogP contribution in [0.25, 0.3) is 0 Å². The number of oxime groups is 1. The third-order valence-corrected chi connectivity index (χ3v) is 9.19. The van der Waals surface area contributed by atoms with E-state index in [1.165, 1.54) is 52.3 Å². The van der Waals surface area contributed by atoms with E-state index < -0.39 is 35.3 Å². The van der Waals surface area contributed by atoms with Crippen LogP contribution in [-0.4, -0.2) is 91.4 Å². The highest BCUT2D eigenvalue weighted by molar-refractivity contribution is 8.01. The highest BCUT2D eigenvalue weighted by Crippen LogP contribution is 2.41. The molecule has 0 radical (unpaired) electrons. The van der Waals surface area contributed by atoms with Crippen LogP contribution in [0.5, 0.6) is 0 Å². The van der Waals surface area contributed by atoms with E-state index in [0.29, 0.717) is 21.4 Å². The molecule has 0 aromatic carbocycles. The summed E-state index contributed by atoms with van der Waals surface area (Å²) >= 11 is 5.08. The molecule has 2 aromatic rings. The minimum atomic E-state index is -1.22. The lowest BCUT2D eigenvalue weighted by atomic mass is 10.0. The number of carboxylic acid groups (broad SMARTS) is 1. The number of thioether (sulfide) groups is 2. The van der Waals surface area contributed by atoms with E-state index in [-0.39, 0.29) is 34.8 Å². The van der Waals surface area contributed by atoms with Gasteiger partial charge in [0.05, 0.1) is 6.61 Å². The van der Waals surface area contributed by atoms with Crippen LogP contribution in [0.4, 0.5) is 9.93 Å². The average molecular weight is 614 g/mol. The average Bonchev–Trinajstić information content (AvgIpc) is 3.59. The Labute approximate surface area is 238 Å². The topological polar surface area (TPSA) is 185 Å². The summed E-state index contributed by atoms with van der Waals surface area (Å²) in [5.41, 5.74) is 1.97. The Balaban J connectivity index is 1.42. The zero-order valence-electron chi connectivity index (χ0n) is 20.8. The number of β-lactam (4-membered cyclic amide) rings is 1. The molecule has 18 heteroatoms. The monoisotopic (exact) mass is 613 g/mol. The van der Waals surface area contributed by atoms with Gasteiger partial charge in [0.15, 0.2) is 15.2 Å². The molecule has 0 bridgehead atoms. The van der Waals surface area contributed by atoms with Crippen LogP contribution in [-0.2, 0) is 24.0 Å². The van der Waals surface area contributed by atoms with E-state index >= 15 is 0 Å². The van der Waals surface area contributed by atoms with Crippen LogP contribution >= 0.6 is 46.2 Å². The molecule has 4 heterocycles. The molecule has 14 nitrogen and oxygen atoms in total. The molecule has 2 aliphatic heterocycles. The Morgan fingerprint density at radius 1 is 1.33 bits per heavy atom. The van der Waals surface area contributed by atoms with Crippen LogP contribution < -0.4 is 10.6 Å². The second-order valence-electron chi connectivity index (χ2n) is 8.39. The number of nitrogens with zero attached hydrogens (tertiary/aromatic N) is 5. The zero-order chi connectivity index (χ0) is 28.1. The summed E-state index contributed by atoms with van der Waals surface area (Å²) in [4.78, 5) is 60.3. The van der Waals surface area contributed by atoms with Crippen molar-refractivity contribution in [1.29, 1.82) is 0 Å². The Hall–Kier alpha value is -3.22. The lowest BCUT2D eigenvalue weighted by molar-refractivity contribution is -0.150. The molecule has 2 aliphatic rings. The van der Waals surface area contributed by atoms with Gasteiger partial charge in [-0.05, 0) is 11.5 Å². The largest absolute Gasteiger partial charge is 0.477 e. The predicted molar refractivity (Wildman–Crippen MR) is 146 cm³/mol. The standard InChI is InChI=1S/C21H23N7O7S4/c1-9(2)4-35-20(33)25-19-23-11(7-37-19)12(27-34-3)15(29)24-13-16(30)28-14(18(31)32)10(5-36-17(13)28)6-38-21-26-22-8-39-21/h7-9,13,17H,4-6H2,1-3H3,(H,24,29)(H,31,32)(H,23,25,33)/t13?,17-/m0/s1. The number of carbonyl (C=O) groups excluding carboxylic acids is 3. The first-order chi connectivity index (χ1) is 18.7. The summed E-state index contributed by atoms with van der Waals surface area (Å²) in [6.45, 7) is 4.03. The van der Waals surface area contributed by atoms with Crippen molar-refractivity contribution in [1.82, 2.24) is 25.4 Å². The number of carboxylic acids is 1. The Morgan fingerprint density at radius 2 is 2.13 bits per heavy atom. The molecule has 2 atom stereocenters. The van der Waals surface area contributed by atoms with Gasteiger partial charge >= 0.3 is 12.1 Å².